The number of nitrogens with two attached hydrogens (primary N) is 2. The van der Waals surface area contributed by atoms with Crippen molar-refractivity contribution in [2.75, 3.05) is 24.7 Å². The fraction of sp³-hybridized carbons (Fsp3) is 0.160. The number of aromatic carboxylic acids is 1. The zero-order valence-corrected chi connectivity index (χ0v) is 21.7. The van der Waals surface area contributed by atoms with Crippen LogP contribution in [0, 0.1) is 0 Å². The Morgan fingerprint density at radius 3 is 1.32 bits per heavy atom. The number of benzene rings is 3. The van der Waals surface area contributed by atoms with Gasteiger partial charge in [-0.2, -0.15) is 0 Å². The van der Waals surface area contributed by atoms with Crippen LogP contribution in [0.3, 0.4) is 0 Å². The molecule has 10 nitrogen and oxygen atoms in total. The second kappa shape index (κ2) is 15.1. The molecule has 0 bridgehead atoms. The van der Waals surface area contributed by atoms with Crippen LogP contribution in [0.1, 0.15) is 44.9 Å². The van der Waals surface area contributed by atoms with Crippen LogP contribution in [-0.2, 0) is 18.5 Å². The van der Waals surface area contributed by atoms with Gasteiger partial charge >= 0.3 is 17.9 Å². The van der Waals surface area contributed by atoms with E-state index in [2.05, 4.69) is 0 Å². The molecule has 0 spiro atoms. The van der Waals surface area contributed by atoms with E-state index in [1.807, 2.05) is 0 Å². The normalized spacial score (nSPS) is 10.0. The van der Waals surface area contributed by atoms with Gasteiger partial charge in [-0.3, -0.25) is 0 Å². The highest BCUT2D eigenvalue weighted by Gasteiger charge is 2.11. The van der Waals surface area contributed by atoms with Gasteiger partial charge in [0.1, 0.15) is 0 Å². The van der Waals surface area contributed by atoms with Crippen LogP contribution in [0.25, 0.3) is 0 Å². The summed E-state index contributed by atoms with van der Waals surface area (Å²) in [5.74, 6) is -1.73. The fourth-order valence-corrected chi connectivity index (χ4v) is 3.20. The standard InChI is InChI=1S/C9H9ClO4S.C9H11NO2.C7H7NO2/c1-2-14-9(11)7-3-5-8(6-4-7)15(10,12)13;1-2-12-9(11)7-3-5-8(10)6-4-7;8-6-3-1-5(2-4-6)7(9)10/h3-6H,2H2,1H3;3-6H,2,10H2,1H3;1-4H,8H2,(H,9,10). The molecule has 0 amide bonds. The number of hydrogen-bond donors (Lipinski definition) is 3. The zero-order chi connectivity index (χ0) is 28.0. The second-order valence-corrected chi connectivity index (χ2v) is 9.52. The van der Waals surface area contributed by atoms with E-state index in [0.29, 0.717) is 29.1 Å². The molecule has 198 valence electrons. The van der Waals surface area contributed by atoms with Crippen LogP contribution in [0.2, 0.25) is 0 Å². The Morgan fingerprint density at radius 2 is 1.03 bits per heavy atom. The number of carboxylic acids is 1. The molecule has 0 unspecified atom stereocenters. The first kappa shape index (κ1) is 30.9. The molecule has 0 saturated carbocycles. The highest BCUT2D eigenvalue weighted by molar-refractivity contribution is 8.13. The summed E-state index contributed by atoms with van der Waals surface area (Å²) in [5.41, 5.74) is 13.1. The fourth-order valence-electron chi connectivity index (χ4n) is 2.43. The molecular formula is C25H27ClN2O8S. The molecule has 3 aromatic carbocycles. The molecule has 0 aromatic heterocycles. The highest BCUT2D eigenvalue weighted by atomic mass is 35.7. The third-order valence-electron chi connectivity index (χ3n) is 4.23. The maximum absolute atomic E-state index is 11.2. The molecule has 0 aliphatic heterocycles. The molecule has 0 atom stereocenters. The van der Waals surface area contributed by atoms with Crippen molar-refractivity contribution in [3.63, 3.8) is 0 Å². The Bertz CT molecular complexity index is 1280. The molecule has 3 rings (SSSR count). The lowest BCUT2D eigenvalue weighted by atomic mass is 10.2. The number of carbonyl (C=O) groups is 3. The Balaban J connectivity index is 0.000000283. The average molecular weight is 551 g/mol. The minimum atomic E-state index is -3.74. The van der Waals surface area contributed by atoms with Gasteiger partial charge in [0.2, 0.25) is 0 Å². The number of rotatable bonds is 6. The van der Waals surface area contributed by atoms with Gasteiger partial charge in [-0.1, -0.05) is 0 Å². The minimum Gasteiger partial charge on any atom is -0.478 e. The maximum Gasteiger partial charge on any atom is 0.338 e. The molecule has 5 N–H and O–H groups in total. The SMILES string of the molecule is CCOC(=O)c1ccc(N)cc1.CCOC(=O)c1ccc(S(=O)(=O)Cl)cc1.Nc1ccc(C(=O)O)cc1. The quantitative estimate of drug-likeness (QED) is 0.229. The maximum atomic E-state index is 11.2. The first-order valence-corrected chi connectivity index (χ1v) is 13.0. The molecule has 3 aromatic rings. The number of halogens is 1. The van der Waals surface area contributed by atoms with Gasteiger partial charge in [0.25, 0.3) is 9.05 Å². The number of hydrogen-bond acceptors (Lipinski definition) is 9. The Labute approximate surface area is 219 Å². The van der Waals surface area contributed by atoms with Gasteiger partial charge in [0.05, 0.1) is 34.8 Å². The number of carbonyl (C=O) groups excluding carboxylic acids is 2. The van der Waals surface area contributed by atoms with Crippen molar-refractivity contribution in [2.45, 2.75) is 18.7 Å². The summed E-state index contributed by atoms with van der Waals surface area (Å²) in [6.45, 7) is 4.13. The van der Waals surface area contributed by atoms with E-state index >= 15 is 0 Å². The lowest BCUT2D eigenvalue weighted by molar-refractivity contribution is 0.0516. The summed E-state index contributed by atoms with van der Waals surface area (Å²) in [6, 6.07) is 17.9. The van der Waals surface area contributed by atoms with E-state index < -0.39 is 21.0 Å². The van der Waals surface area contributed by atoms with Crippen molar-refractivity contribution in [3.05, 3.63) is 89.5 Å². The van der Waals surface area contributed by atoms with Crippen molar-refractivity contribution >= 4 is 49.0 Å². The van der Waals surface area contributed by atoms with E-state index in [4.69, 9.17) is 36.7 Å². The summed E-state index contributed by atoms with van der Waals surface area (Å²) in [6.07, 6.45) is 0. The number of esters is 2. The van der Waals surface area contributed by atoms with Crippen molar-refractivity contribution in [2.24, 2.45) is 0 Å². The van der Waals surface area contributed by atoms with Crippen LogP contribution in [0.15, 0.2) is 77.7 Å². The smallest absolute Gasteiger partial charge is 0.338 e. The molecule has 0 aliphatic carbocycles. The first-order valence-electron chi connectivity index (χ1n) is 10.7. The van der Waals surface area contributed by atoms with E-state index in [1.165, 1.54) is 36.4 Å². The van der Waals surface area contributed by atoms with Gasteiger partial charge in [-0.25, -0.2) is 22.8 Å². The van der Waals surface area contributed by atoms with Crippen LogP contribution in [0.4, 0.5) is 11.4 Å². The molecule has 0 fully saturated rings. The third-order valence-corrected chi connectivity index (χ3v) is 5.60. The summed E-state index contributed by atoms with van der Waals surface area (Å²) >= 11 is 0. The number of ether oxygens (including phenoxy) is 2. The number of nitrogen functional groups attached to an aromatic ring is 2. The van der Waals surface area contributed by atoms with Crippen LogP contribution < -0.4 is 11.5 Å². The van der Waals surface area contributed by atoms with Crippen LogP contribution in [0.5, 0.6) is 0 Å². The molecule has 37 heavy (non-hydrogen) atoms. The monoisotopic (exact) mass is 550 g/mol. The van der Waals surface area contributed by atoms with E-state index in [9.17, 15) is 22.8 Å². The second-order valence-electron chi connectivity index (χ2n) is 6.95. The Morgan fingerprint density at radius 1 is 0.703 bits per heavy atom. The summed E-state index contributed by atoms with van der Waals surface area (Å²) in [7, 11) is 1.37. The summed E-state index contributed by atoms with van der Waals surface area (Å²) in [5, 5.41) is 8.43. The van der Waals surface area contributed by atoms with Crippen molar-refractivity contribution in [1.29, 1.82) is 0 Å². The van der Waals surface area contributed by atoms with Crippen molar-refractivity contribution < 1.29 is 37.4 Å². The minimum absolute atomic E-state index is 0.0442. The predicted octanol–water partition coefficient (Wildman–Crippen LogP) is 4.20. The average Bonchev–Trinajstić information content (AvgIpc) is 2.85. The van der Waals surface area contributed by atoms with Gasteiger partial charge in [-0.05, 0) is 86.6 Å². The van der Waals surface area contributed by atoms with Crippen LogP contribution in [-0.4, -0.2) is 44.6 Å². The number of anilines is 2. The Hall–Kier alpha value is -4.09. The number of carboxylic acid groups (broad SMARTS) is 1. The van der Waals surface area contributed by atoms with Crippen molar-refractivity contribution in [1.82, 2.24) is 0 Å². The van der Waals surface area contributed by atoms with Gasteiger partial charge in [-0.15, -0.1) is 0 Å². The molecule has 0 saturated heterocycles. The molecular weight excluding hydrogens is 524 g/mol. The van der Waals surface area contributed by atoms with Gasteiger partial charge in [0, 0.05) is 22.1 Å². The van der Waals surface area contributed by atoms with Crippen LogP contribution >= 0.6 is 10.7 Å². The van der Waals surface area contributed by atoms with Gasteiger partial charge in [0.15, 0.2) is 0 Å². The summed E-state index contributed by atoms with van der Waals surface area (Å²) in [4.78, 5) is 32.5. The Kier molecular flexibility index (Phi) is 12.6. The third kappa shape index (κ3) is 11.5. The topological polar surface area (TPSA) is 176 Å². The van der Waals surface area contributed by atoms with E-state index in [1.54, 1.807) is 50.2 Å². The summed E-state index contributed by atoms with van der Waals surface area (Å²) < 4.78 is 31.3. The molecule has 0 heterocycles. The van der Waals surface area contributed by atoms with E-state index in [-0.39, 0.29) is 23.0 Å². The predicted molar refractivity (Wildman–Crippen MR) is 140 cm³/mol. The van der Waals surface area contributed by atoms with E-state index in [0.717, 1.165) is 0 Å². The van der Waals surface area contributed by atoms with Crippen molar-refractivity contribution in [3.8, 4) is 0 Å². The molecule has 0 radical (unpaired) electrons. The largest absolute Gasteiger partial charge is 0.478 e. The molecule has 0 aliphatic rings. The lowest BCUT2D eigenvalue weighted by Gasteiger charge is -2.01. The lowest BCUT2D eigenvalue weighted by Crippen LogP contribution is -2.04. The first-order chi connectivity index (χ1) is 17.4. The molecule has 12 heteroatoms. The highest BCUT2D eigenvalue weighted by Crippen LogP contribution is 2.15. The zero-order valence-electron chi connectivity index (χ0n) is 20.1. The van der Waals surface area contributed by atoms with Gasteiger partial charge < -0.3 is 26.0 Å².